The molecule has 0 aliphatic carbocycles. The van der Waals surface area contributed by atoms with Crippen molar-refractivity contribution >= 4 is 11.9 Å². The molecule has 0 saturated carbocycles. The summed E-state index contributed by atoms with van der Waals surface area (Å²) in [7, 11) is 0. The van der Waals surface area contributed by atoms with E-state index in [4.69, 9.17) is 10.2 Å². The Balaban J connectivity index is 2.68. The zero-order valence-electron chi connectivity index (χ0n) is 5.69. The van der Waals surface area contributed by atoms with Crippen LogP contribution in [0.15, 0.2) is 0 Å². The third-order valence-corrected chi connectivity index (χ3v) is 1.71. The topological polar surface area (TPSA) is 83.8 Å². The molecule has 1 aliphatic heterocycles. The molecule has 1 aliphatic rings. The normalized spacial score (nSPS) is 30.1. The first kappa shape index (κ1) is 8.00. The molecule has 5 heteroatoms. The van der Waals surface area contributed by atoms with Crippen molar-refractivity contribution in [1.82, 2.24) is 0 Å². The molecule has 0 amide bonds. The lowest BCUT2D eigenvalue weighted by Gasteiger charge is -2.05. The molecule has 0 unspecified atom stereocenters. The predicted octanol–water partition coefficient (Wildman–Crippen LogP) is -1.15. The summed E-state index contributed by atoms with van der Waals surface area (Å²) in [6, 6.07) is 0. The Bertz CT molecular complexity index is 187. The van der Waals surface area contributed by atoms with Crippen LogP contribution in [0.25, 0.3) is 0 Å². The van der Waals surface area contributed by atoms with Crippen LogP contribution in [-0.2, 0) is 14.3 Å². The number of aliphatic hydroxyl groups excluding tert-OH is 1. The van der Waals surface area contributed by atoms with Crippen molar-refractivity contribution < 1.29 is 24.5 Å². The number of rotatable bonds is 2. The fraction of sp³-hybridized carbons (Fsp3) is 0.667. The first-order valence-corrected chi connectivity index (χ1v) is 3.17. The first-order valence-electron chi connectivity index (χ1n) is 3.17. The van der Waals surface area contributed by atoms with E-state index >= 15 is 0 Å². The molecule has 62 valence electrons. The standard InChI is InChI=1S/C6H8O5/c7-1-3-4(5(8)9)2-11-6(3)10/h3-4,7H,1-2H2,(H,8,9)/t3-,4+/m0/s1. The minimum atomic E-state index is -1.10. The van der Waals surface area contributed by atoms with Crippen molar-refractivity contribution in [2.75, 3.05) is 13.2 Å². The van der Waals surface area contributed by atoms with Gasteiger partial charge >= 0.3 is 11.9 Å². The summed E-state index contributed by atoms with van der Waals surface area (Å²) in [6.07, 6.45) is 0. The van der Waals surface area contributed by atoms with E-state index < -0.39 is 30.4 Å². The van der Waals surface area contributed by atoms with Crippen LogP contribution in [0.5, 0.6) is 0 Å². The average Bonchev–Trinajstić information content (AvgIpc) is 2.30. The molecule has 0 spiro atoms. The van der Waals surface area contributed by atoms with E-state index in [2.05, 4.69) is 4.74 Å². The molecular weight excluding hydrogens is 152 g/mol. The van der Waals surface area contributed by atoms with Crippen LogP contribution in [0.1, 0.15) is 0 Å². The van der Waals surface area contributed by atoms with Crippen molar-refractivity contribution in [2.24, 2.45) is 11.8 Å². The number of carbonyl (C=O) groups is 2. The molecule has 1 rings (SSSR count). The van der Waals surface area contributed by atoms with Crippen molar-refractivity contribution in [3.05, 3.63) is 0 Å². The SMILES string of the molecule is O=C1OC[C@@H](C(=O)O)[C@@H]1CO. The van der Waals surface area contributed by atoms with Crippen LogP contribution in [0.2, 0.25) is 0 Å². The zero-order valence-corrected chi connectivity index (χ0v) is 5.69. The molecule has 1 saturated heterocycles. The Kier molecular flexibility index (Phi) is 2.09. The van der Waals surface area contributed by atoms with Crippen LogP contribution >= 0.6 is 0 Å². The maximum atomic E-state index is 10.7. The van der Waals surface area contributed by atoms with E-state index in [0.29, 0.717) is 0 Å². The Morgan fingerprint density at radius 2 is 2.36 bits per heavy atom. The second-order valence-electron chi connectivity index (χ2n) is 2.36. The van der Waals surface area contributed by atoms with Crippen LogP contribution in [-0.4, -0.2) is 35.4 Å². The van der Waals surface area contributed by atoms with E-state index in [1.165, 1.54) is 0 Å². The highest BCUT2D eigenvalue weighted by molar-refractivity contribution is 5.84. The molecule has 5 nitrogen and oxygen atoms in total. The van der Waals surface area contributed by atoms with Gasteiger partial charge in [-0.2, -0.15) is 0 Å². The molecule has 2 atom stereocenters. The molecule has 1 fully saturated rings. The number of cyclic esters (lactones) is 1. The molecule has 0 aromatic heterocycles. The van der Waals surface area contributed by atoms with Gasteiger partial charge in [-0.25, -0.2) is 0 Å². The zero-order chi connectivity index (χ0) is 8.43. The van der Waals surface area contributed by atoms with E-state index in [1.54, 1.807) is 0 Å². The fourth-order valence-electron chi connectivity index (χ4n) is 1.00. The number of aliphatic hydroxyl groups is 1. The van der Waals surface area contributed by atoms with Crippen LogP contribution < -0.4 is 0 Å². The number of hydrogen-bond donors (Lipinski definition) is 2. The van der Waals surface area contributed by atoms with Gasteiger partial charge in [0.05, 0.1) is 12.5 Å². The number of ether oxygens (including phenoxy) is 1. The van der Waals surface area contributed by atoms with Gasteiger partial charge in [0, 0.05) is 0 Å². The highest BCUT2D eigenvalue weighted by atomic mass is 16.5. The van der Waals surface area contributed by atoms with Gasteiger partial charge in [-0.1, -0.05) is 0 Å². The number of esters is 1. The minimum Gasteiger partial charge on any atom is -0.481 e. The molecule has 1 heterocycles. The number of hydrogen-bond acceptors (Lipinski definition) is 4. The Labute approximate surface area is 62.6 Å². The van der Waals surface area contributed by atoms with Gasteiger partial charge in [0.25, 0.3) is 0 Å². The van der Waals surface area contributed by atoms with Gasteiger partial charge in [-0.05, 0) is 0 Å². The van der Waals surface area contributed by atoms with Crippen LogP contribution in [0.3, 0.4) is 0 Å². The molecule has 11 heavy (non-hydrogen) atoms. The number of carboxylic acid groups (broad SMARTS) is 1. The van der Waals surface area contributed by atoms with Crippen molar-refractivity contribution in [2.45, 2.75) is 0 Å². The third kappa shape index (κ3) is 1.32. The average molecular weight is 160 g/mol. The molecule has 0 aromatic rings. The third-order valence-electron chi connectivity index (χ3n) is 1.71. The van der Waals surface area contributed by atoms with Gasteiger partial charge in [-0.15, -0.1) is 0 Å². The van der Waals surface area contributed by atoms with Crippen LogP contribution in [0.4, 0.5) is 0 Å². The van der Waals surface area contributed by atoms with Crippen molar-refractivity contribution in [3.63, 3.8) is 0 Å². The molecule has 0 bridgehead atoms. The highest BCUT2D eigenvalue weighted by Gasteiger charge is 2.40. The summed E-state index contributed by atoms with van der Waals surface area (Å²) in [5.74, 6) is -3.49. The predicted molar refractivity (Wildman–Crippen MR) is 32.7 cm³/mol. The minimum absolute atomic E-state index is 0.126. The Morgan fingerprint density at radius 1 is 1.73 bits per heavy atom. The lowest BCUT2D eigenvalue weighted by atomic mass is 9.97. The summed E-state index contributed by atoms with van der Waals surface area (Å²) >= 11 is 0. The van der Waals surface area contributed by atoms with E-state index in [0.717, 1.165) is 0 Å². The van der Waals surface area contributed by atoms with Crippen molar-refractivity contribution in [3.8, 4) is 0 Å². The summed E-state index contributed by atoms with van der Waals surface area (Å²) in [6.45, 7) is -0.588. The lowest BCUT2D eigenvalue weighted by molar-refractivity contribution is -0.145. The smallest absolute Gasteiger partial charge is 0.312 e. The van der Waals surface area contributed by atoms with Gasteiger partial charge < -0.3 is 14.9 Å². The Morgan fingerprint density at radius 3 is 2.73 bits per heavy atom. The second kappa shape index (κ2) is 2.87. The quantitative estimate of drug-likeness (QED) is 0.498. The summed E-state index contributed by atoms with van der Waals surface area (Å²) in [5, 5.41) is 17.1. The summed E-state index contributed by atoms with van der Waals surface area (Å²) in [4.78, 5) is 21.0. The van der Waals surface area contributed by atoms with Gasteiger partial charge in [0.2, 0.25) is 0 Å². The van der Waals surface area contributed by atoms with E-state index in [-0.39, 0.29) is 6.61 Å². The number of carbonyl (C=O) groups excluding carboxylic acids is 1. The Hall–Kier alpha value is -1.10. The van der Waals surface area contributed by atoms with E-state index in [1.807, 2.05) is 0 Å². The molecule has 0 radical (unpaired) electrons. The molecule has 0 aromatic carbocycles. The van der Waals surface area contributed by atoms with Gasteiger partial charge in [0.15, 0.2) is 0 Å². The highest BCUT2D eigenvalue weighted by Crippen LogP contribution is 2.21. The second-order valence-corrected chi connectivity index (χ2v) is 2.36. The molecular formula is C6H8O5. The number of carboxylic acids is 1. The van der Waals surface area contributed by atoms with Gasteiger partial charge in [0.1, 0.15) is 12.5 Å². The molecule has 2 N–H and O–H groups in total. The largest absolute Gasteiger partial charge is 0.481 e. The van der Waals surface area contributed by atoms with E-state index in [9.17, 15) is 9.59 Å². The summed E-state index contributed by atoms with van der Waals surface area (Å²) < 4.78 is 4.45. The monoisotopic (exact) mass is 160 g/mol. The van der Waals surface area contributed by atoms with Crippen molar-refractivity contribution in [1.29, 1.82) is 0 Å². The van der Waals surface area contributed by atoms with Gasteiger partial charge in [-0.3, -0.25) is 9.59 Å². The maximum absolute atomic E-state index is 10.7. The van der Waals surface area contributed by atoms with Crippen LogP contribution in [0, 0.1) is 11.8 Å². The lowest BCUT2D eigenvalue weighted by Crippen LogP contribution is -2.26. The summed E-state index contributed by atoms with van der Waals surface area (Å²) in [5.41, 5.74) is 0. The number of aliphatic carboxylic acids is 1. The maximum Gasteiger partial charge on any atom is 0.312 e. The first-order chi connectivity index (χ1) is 5.16. The fourth-order valence-corrected chi connectivity index (χ4v) is 1.00.